The summed E-state index contributed by atoms with van der Waals surface area (Å²) in [4.78, 5) is 11.5. The van der Waals surface area contributed by atoms with Gasteiger partial charge >= 0.3 is 0 Å². The molecule has 0 aliphatic rings. The van der Waals surface area contributed by atoms with Crippen molar-refractivity contribution in [3.8, 4) is 16.9 Å². The number of benzene rings is 2. The van der Waals surface area contributed by atoms with Crippen molar-refractivity contribution in [1.82, 2.24) is 5.32 Å². The molecule has 0 spiro atoms. The number of amides is 1. The van der Waals surface area contributed by atoms with Gasteiger partial charge < -0.3 is 10.1 Å². The molecule has 0 aromatic heterocycles. The van der Waals surface area contributed by atoms with Gasteiger partial charge in [-0.1, -0.05) is 42.0 Å². The quantitative estimate of drug-likeness (QED) is 0.911. The highest BCUT2D eigenvalue weighted by molar-refractivity contribution is 5.77. The van der Waals surface area contributed by atoms with Crippen molar-refractivity contribution in [2.45, 2.75) is 26.8 Å². The van der Waals surface area contributed by atoms with Crippen molar-refractivity contribution in [1.29, 1.82) is 0 Å². The monoisotopic (exact) mass is 283 g/mol. The Morgan fingerprint density at radius 1 is 1.00 bits per heavy atom. The molecule has 3 nitrogen and oxygen atoms in total. The molecule has 110 valence electrons. The molecule has 0 radical (unpaired) electrons. The topological polar surface area (TPSA) is 38.3 Å². The molecule has 3 heteroatoms. The van der Waals surface area contributed by atoms with Gasteiger partial charge in [0, 0.05) is 6.04 Å². The first-order valence-electron chi connectivity index (χ1n) is 7.14. The summed E-state index contributed by atoms with van der Waals surface area (Å²) in [5, 5.41) is 2.79. The lowest BCUT2D eigenvalue weighted by Crippen LogP contribution is -2.34. The van der Waals surface area contributed by atoms with E-state index in [2.05, 4.69) is 36.5 Å². The van der Waals surface area contributed by atoms with Crippen LogP contribution in [-0.4, -0.2) is 18.6 Å². The molecule has 1 N–H and O–H groups in total. The van der Waals surface area contributed by atoms with Gasteiger partial charge in [0.15, 0.2) is 6.61 Å². The Morgan fingerprint density at radius 3 is 2.05 bits per heavy atom. The van der Waals surface area contributed by atoms with Crippen LogP contribution < -0.4 is 10.1 Å². The number of carbonyl (C=O) groups is 1. The van der Waals surface area contributed by atoms with Crippen LogP contribution in [0.4, 0.5) is 0 Å². The second kappa shape index (κ2) is 6.93. The molecule has 2 rings (SSSR count). The van der Waals surface area contributed by atoms with Gasteiger partial charge in [-0.2, -0.15) is 0 Å². The Labute approximate surface area is 126 Å². The van der Waals surface area contributed by atoms with Gasteiger partial charge in [0.05, 0.1) is 0 Å². The number of ether oxygens (including phenoxy) is 1. The van der Waals surface area contributed by atoms with Gasteiger partial charge in [-0.05, 0) is 44.0 Å². The highest BCUT2D eigenvalue weighted by Gasteiger charge is 2.04. The summed E-state index contributed by atoms with van der Waals surface area (Å²) < 4.78 is 5.47. The summed E-state index contributed by atoms with van der Waals surface area (Å²) in [6, 6.07) is 16.3. The number of hydrogen-bond acceptors (Lipinski definition) is 2. The Bertz CT molecular complexity index is 586. The van der Waals surface area contributed by atoms with Gasteiger partial charge in [-0.15, -0.1) is 0 Å². The predicted octanol–water partition coefficient (Wildman–Crippen LogP) is 3.57. The molecular weight excluding hydrogens is 262 g/mol. The van der Waals surface area contributed by atoms with E-state index in [9.17, 15) is 4.79 Å². The first kappa shape index (κ1) is 15.1. The summed E-state index contributed by atoms with van der Waals surface area (Å²) in [6.07, 6.45) is 0. The van der Waals surface area contributed by atoms with Gasteiger partial charge in [0.25, 0.3) is 5.91 Å². The van der Waals surface area contributed by atoms with Crippen LogP contribution in [0.5, 0.6) is 5.75 Å². The van der Waals surface area contributed by atoms with Crippen molar-refractivity contribution in [2.75, 3.05) is 6.61 Å². The first-order valence-corrected chi connectivity index (χ1v) is 7.14. The molecule has 2 aromatic carbocycles. The van der Waals surface area contributed by atoms with Gasteiger partial charge in [-0.3, -0.25) is 4.79 Å². The van der Waals surface area contributed by atoms with Crippen molar-refractivity contribution in [3.05, 3.63) is 54.1 Å². The molecular formula is C18H21NO2. The van der Waals surface area contributed by atoms with E-state index >= 15 is 0 Å². The average Bonchev–Trinajstić information content (AvgIpc) is 2.46. The van der Waals surface area contributed by atoms with Crippen LogP contribution in [0.3, 0.4) is 0 Å². The highest BCUT2D eigenvalue weighted by Crippen LogP contribution is 2.22. The standard InChI is InChI=1S/C18H21NO2/c1-13(2)19-18(20)12-21-17-10-8-16(9-11-17)15-6-4-14(3)5-7-15/h4-11,13H,12H2,1-3H3,(H,19,20). The molecule has 0 saturated carbocycles. The third-order valence-electron chi connectivity index (χ3n) is 3.06. The predicted molar refractivity (Wildman–Crippen MR) is 85.4 cm³/mol. The van der Waals surface area contributed by atoms with Crippen molar-refractivity contribution in [2.24, 2.45) is 0 Å². The number of nitrogens with one attached hydrogen (secondary N) is 1. The minimum atomic E-state index is -0.104. The SMILES string of the molecule is Cc1ccc(-c2ccc(OCC(=O)NC(C)C)cc2)cc1. The second-order valence-corrected chi connectivity index (χ2v) is 5.40. The van der Waals surface area contributed by atoms with Crippen LogP contribution in [0.25, 0.3) is 11.1 Å². The molecule has 2 aromatic rings. The maximum atomic E-state index is 11.5. The lowest BCUT2D eigenvalue weighted by atomic mass is 10.0. The first-order chi connectivity index (χ1) is 10.0. The Hall–Kier alpha value is -2.29. The van der Waals surface area contributed by atoms with E-state index in [4.69, 9.17) is 4.74 Å². The maximum absolute atomic E-state index is 11.5. The number of rotatable bonds is 5. The van der Waals surface area contributed by atoms with Gasteiger partial charge in [0.1, 0.15) is 5.75 Å². The average molecular weight is 283 g/mol. The summed E-state index contributed by atoms with van der Waals surface area (Å²) in [7, 11) is 0. The molecule has 0 unspecified atom stereocenters. The lowest BCUT2D eigenvalue weighted by molar-refractivity contribution is -0.123. The summed E-state index contributed by atoms with van der Waals surface area (Å²) in [5.41, 5.74) is 3.55. The van der Waals surface area contributed by atoms with Crippen LogP contribution >= 0.6 is 0 Å². The molecule has 0 heterocycles. The van der Waals surface area contributed by atoms with E-state index in [0.717, 1.165) is 5.56 Å². The number of hydrogen-bond donors (Lipinski definition) is 1. The molecule has 1 amide bonds. The lowest BCUT2D eigenvalue weighted by Gasteiger charge is -2.10. The number of carbonyl (C=O) groups excluding carboxylic acids is 1. The largest absolute Gasteiger partial charge is 0.484 e. The smallest absolute Gasteiger partial charge is 0.258 e. The van der Waals surface area contributed by atoms with Gasteiger partial charge in [-0.25, -0.2) is 0 Å². The van der Waals surface area contributed by atoms with Crippen LogP contribution in [0.1, 0.15) is 19.4 Å². The van der Waals surface area contributed by atoms with E-state index < -0.39 is 0 Å². The Morgan fingerprint density at radius 2 is 1.52 bits per heavy atom. The molecule has 0 saturated heterocycles. The summed E-state index contributed by atoms with van der Waals surface area (Å²) in [5.74, 6) is 0.595. The van der Waals surface area contributed by atoms with Crippen molar-refractivity contribution in [3.63, 3.8) is 0 Å². The highest BCUT2D eigenvalue weighted by atomic mass is 16.5. The van der Waals surface area contributed by atoms with E-state index in [1.165, 1.54) is 11.1 Å². The summed E-state index contributed by atoms with van der Waals surface area (Å²) >= 11 is 0. The molecule has 21 heavy (non-hydrogen) atoms. The van der Waals surface area contributed by atoms with Crippen molar-refractivity contribution >= 4 is 5.91 Å². The minimum absolute atomic E-state index is 0.0437. The molecule has 0 aliphatic carbocycles. The number of aryl methyl sites for hydroxylation is 1. The van der Waals surface area contributed by atoms with Crippen LogP contribution in [0, 0.1) is 6.92 Å². The van der Waals surface area contributed by atoms with E-state index in [1.54, 1.807) is 0 Å². The van der Waals surface area contributed by atoms with Crippen molar-refractivity contribution < 1.29 is 9.53 Å². The third-order valence-corrected chi connectivity index (χ3v) is 3.06. The second-order valence-electron chi connectivity index (χ2n) is 5.40. The van der Waals surface area contributed by atoms with Crippen LogP contribution in [0.15, 0.2) is 48.5 Å². The fraction of sp³-hybridized carbons (Fsp3) is 0.278. The molecule has 0 bridgehead atoms. The maximum Gasteiger partial charge on any atom is 0.258 e. The van der Waals surface area contributed by atoms with Crippen LogP contribution in [0.2, 0.25) is 0 Å². The zero-order valence-electron chi connectivity index (χ0n) is 12.7. The molecule has 0 fully saturated rings. The minimum Gasteiger partial charge on any atom is -0.484 e. The third kappa shape index (κ3) is 4.63. The summed E-state index contributed by atoms with van der Waals surface area (Å²) in [6.45, 7) is 5.97. The zero-order chi connectivity index (χ0) is 15.2. The van der Waals surface area contributed by atoms with E-state index in [-0.39, 0.29) is 18.6 Å². The normalized spacial score (nSPS) is 10.5. The fourth-order valence-electron chi connectivity index (χ4n) is 2.00. The Kier molecular flexibility index (Phi) is 4.99. The molecule has 0 aliphatic heterocycles. The van der Waals surface area contributed by atoms with E-state index in [1.807, 2.05) is 38.1 Å². The van der Waals surface area contributed by atoms with E-state index in [0.29, 0.717) is 5.75 Å². The fourth-order valence-corrected chi connectivity index (χ4v) is 2.00. The molecule has 0 atom stereocenters. The Balaban J connectivity index is 1.96. The van der Waals surface area contributed by atoms with Crippen LogP contribution in [-0.2, 0) is 4.79 Å². The zero-order valence-corrected chi connectivity index (χ0v) is 12.7. The van der Waals surface area contributed by atoms with Gasteiger partial charge in [0.2, 0.25) is 0 Å².